The molecule has 2 N–H and O–H groups in total. The lowest BCUT2D eigenvalue weighted by Crippen LogP contribution is -2.32. The predicted molar refractivity (Wildman–Crippen MR) is 104 cm³/mol. The fourth-order valence-corrected chi connectivity index (χ4v) is 4.33. The van der Waals surface area contributed by atoms with Crippen molar-refractivity contribution in [3.8, 4) is 5.75 Å². The number of ether oxygens (including phenoxy) is 1. The first kappa shape index (κ1) is 16.4. The molecule has 3 aromatic heterocycles. The molecule has 0 saturated heterocycles. The molecule has 1 aromatic carbocycles. The van der Waals surface area contributed by atoms with Crippen molar-refractivity contribution in [3.63, 3.8) is 0 Å². The lowest BCUT2D eigenvalue weighted by Gasteiger charge is -2.25. The van der Waals surface area contributed by atoms with E-state index in [1.165, 1.54) is 10.6 Å². The second-order valence-electron chi connectivity index (χ2n) is 6.59. The first-order valence-corrected chi connectivity index (χ1v) is 9.72. The van der Waals surface area contributed by atoms with E-state index in [1.54, 1.807) is 23.0 Å². The van der Waals surface area contributed by atoms with E-state index in [9.17, 15) is 0 Å². The van der Waals surface area contributed by atoms with Crippen LogP contribution in [0.5, 0.6) is 5.75 Å². The Balaban J connectivity index is 1.43. The number of fused-ring (bicyclic) bond motifs is 4. The molecule has 0 radical (unpaired) electrons. The summed E-state index contributed by atoms with van der Waals surface area (Å²) in [5.74, 6) is 1.76. The molecule has 0 amide bonds. The summed E-state index contributed by atoms with van der Waals surface area (Å²) in [4.78, 5) is 17.5. The predicted octanol–water partition coefficient (Wildman–Crippen LogP) is 1.93. The Kier molecular flexibility index (Phi) is 3.91. The molecule has 0 spiro atoms. The zero-order valence-electron chi connectivity index (χ0n) is 14.9. The Morgan fingerprint density at radius 2 is 2.22 bits per heavy atom. The number of nitrogens with zero attached hydrogens (tertiary/aromatic N) is 6. The van der Waals surface area contributed by atoms with Gasteiger partial charge in [-0.15, -0.1) is 16.4 Å². The fourth-order valence-electron chi connectivity index (χ4n) is 3.56. The van der Waals surface area contributed by atoms with Crippen molar-refractivity contribution in [2.75, 3.05) is 25.9 Å². The Morgan fingerprint density at radius 3 is 3.11 bits per heavy atom. The molecule has 5 rings (SSSR count). The number of rotatable bonds is 4. The largest absolute Gasteiger partial charge is 0.494 e. The summed E-state index contributed by atoms with van der Waals surface area (Å²) in [5, 5.41) is 5.46. The van der Waals surface area contributed by atoms with Crippen molar-refractivity contribution in [3.05, 3.63) is 40.1 Å². The second kappa shape index (κ2) is 6.43. The highest BCUT2D eigenvalue weighted by atomic mass is 32.1. The van der Waals surface area contributed by atoms with Gasteiger partial charge in [0.1, 0.15) is 11.3 Å². The minimum Gasteiger partial charge on any atom is -0.494 e. The van der Waals surface area contributed by atoms with Gasteiger partial charge in [0, 0.05) is 36.3 Å². The minimum absolute atomic E-state index is 0.311. The fraction of sp³-hybridized carbons (Fsp3) is 0.333. The number of para-hydroxylation sites is 1. The molecule has 27 heavy (non-hydrogen) atoms. The van der Waals surface area contributed by atoms with E-state index in [4.69, 9.17) is 15.5 Å². The van der Waals surface area contributed by atoms with E-state index in [1.807, 2.05) is 23.7 Å². The summed E-state index contributed by atoms with van der Waals surface area (Å²) < 4.78 is 7.02. The molecule has 1 aliphatic rings. The molecule has 4 heterocycles. The van der Waals surface area contributed by atoms with Gasteiger partial charge in [0.05, 0.1) is 18.3 Å². The van der Waals surface area contributed by atoms with Gasteiger partial charge in [0.15, 0.2) is 11.5 Å². The molecule has 0 unspecified atom stereocenters. The number of hydrogen-bond donors (Lipinski definition) is 1. The third kappa shape index (κ3) is 2.79. The molecule has 138 valence electrons. The molecule has 4 aromatic rings. The monoisotopic (exact) mass is 381 g/mol. The molecule has 9 heteroatoms. The zero-order valence-corrected chi connectivity index (χ0v) is 15.7. The first-order valence-electron chi connectivity index (χ1n) is 8.84. The third-order valence-corrected chi connectivity index (χ3v) is 5.89. The number of benzene rings is 1. The summed E-state index contributed by atoms with van der Waals surface area (Å²) in [6.07, 6.45) is 1.83. The van der Waals surface area contributed by atoms with Gasteiger partial charge in [-0.05, 0) is 18.6 Å². The maximum Gasteiger partial charge on any atom is 0.223 e. The van der Waals surface area contributed by atoms with Crippen molar-refractivity contribution in [2.45, 2.75) is 19.4 Å². The van der Waals surface area contributed by atoms with Crippen LogP contribution in [0.3, 0.4) is 0 Å². The molecule has 0 bridgehead atoms. The number of nitrogens with two attached hydrogens (primary N) is 1. The van der Waals surface area contributed by atoms with E-state index < -0.39 is 0 Å². The highest BCUT2D eigenvalue weighted by Crippen LogP contribution is 2.27. The number of anilines is 1. The van der Waals surface area contributed by atoms with Gasteiger partial charge < -0.3 is 10.5 Å². The average Bonchev–Trinajstić information content (AvgIpc) is 3.33. The van der Waals surface area contributed by atoms with Gasteiger partial charge >= 0.3 is 0 Å². The molecule has 8 nitrogen and oxygen atoms in total. The van der Waals surface area contributed by atoms with Crippen LogP contribution in [-0.2, 0) is 19.4 Å². The van der Waals surface area contributed by atoms with Crippen molar-refractivity contribution >= 4 is 33.8 Å². The van der Waals surface area contributed by atoms with Gasteiger partial charge in [-0.25, -0.2) is 15.0 Å². The van der Waals surface area contributed by atoms with Crippen LogP contribution < -0.4 is 10.5 Å². The van der Waals surface area contributed by atoms with Crippen LogP contribution in [0, 0.1) is 0 Å². The molecule has 0 saturated carbocycles. The molecule has 0 fully saturated rings. The van der Waals surface area contributed by atoms with E-state index >= 15 is 0 Å². The van der Waals surface area contributed by atoms with Crippen LogP contribution in [0.15, 0.2) is 23.7 Å². The lowest BCUT2D eigenvalue weighted by molar-refractivity contribution is 0.254. The van der Waals surface area contributed by atoms with Crippen molar-refractivity contribution in [1.82, 2.24) is 29.5 Å². The lowest BCUT2D eigenvalue weighted by atomic mass is 10.2. The Labute approximate surface area is 159 Å². The quantitative estimate of drug-likeness (QED) is 0.577. The number of aromatic nitrogens is 5. The minimum atomic E-state index is 0.311. The molecule has 0 aliphatic carbocycles. The van der Waals surface area contributed by atoms with Gasteiger partial charge in [-0.3, -0.25) is 4.90 Å². The highest BCUT2D eigenvalue weighted by Gasteiger charge is 2.19. The Morgan fingerprint density at radius 1 is 1.30 bits per heavy atom. The van der Waals surface area contributed by atoms with Crippen LogP contribution in [0.4, 0.5) is 5.95 Å². The topological polar surface area (TPSA) is 94.5 Å². The van der Waals surface area contributed by atoms with Crippen molar-refractivity contribution in [2.24, 2.45) is 0 Å². The van der Waals surface area contributed by atoms with E-state index in [-0.39, 0.29) is 0 Å². The molecular weight excluding hydrogens is 362 g/mol. The van der Waals surface area contributed by atoms with E-state index in [2.05, 4.69) is 20.0 Å². The summed E-state index contributed by atoms with van der Waals surface area (Å²) in [7, 11) is 1.62. The van der Waals surface area contributed by atoms with Gasteiger partial charge in [-0.2, -0.15) is 4.52 Å². The summed E-state index contributed by atoms with van der Waals surface area (Å²) in [6.45, 7) is 2.84. The summed E-state index contributed by atoms with van der Waals surface area (Å²) >= 11 is 1.75. The van der Waals surface area contributed by atoms with Gasteiger partial charge in [0.2, 0.25) is 5.95 Å². The molecule has 0 atom stereocenters. The zero-order chi connectivity index (χ0) is 18.4. The SMILES string of the molecule is COc1cccc2c1nc(N)n1nc(CCN3CCc4scnc4C3)nc21. The molecular formula is C18H19N7OS. The van der Waals surface area contributed by atoms with Crippen LogP contribution in [0.1, 0.15) is 16.4 Å². The Bertz CT molecular complexity index is 1140. The van der Waals surface area contributed by atoms with Gasteiger partial charge in [-0.1, -0.05) is 6.07 Å². The van der Waals surface area contributed by atoms with Crippen LogP contribution in [0.2, 0.25) is 0 Å². The van der Waals surface area contributed by atoms with E-state index in [0.717, 1.165) is 43.7 Å². The number of thiazole rings is 1. The highest BCUT2D eigenvalue weighted by molar-refractivity contribution is 7.09. The number of methoxy groups -OCH3 is 1. The van der Waals surface area contributed by atoms with E-state index in [0.29, 0.717) is 22.9 Å². The van der Waals surface area contributed by atoms with Crippen molar-refractivity contribution in [1.29, 1.82) is 0 Å². The number of hydrogen-bond acceptors (Lipinski definition) is 8. The normalized spacial score (nSPS) is 14.7. The Hall–Kier alpha value is -2.78. The summed E-state index contributed by atoms with van der Waals surface area (Å²) in [5.41, 5.74) is 10.7. The average molecular weight is 381 g/mol. The van der Waals surface area contributed by atoms with Crippen LogP contribution in [-0.4, -0.2) is 49.7 Å². The smallest absolute Gasteiger partial charge is 0.223 e. The van der Waals surface area contributed by atoms with Crippen LogP contribution in [0.25, 0.3) is 16.6 Å². The number of nitrogen functional groups attached to an aromatic ring is 1. The third-order valence-electron chi connectivity index (χ3n) is 4.96. The van der Waals surface area contributed by atoms with Gasteiger partial charge in [0.25, 0.3) is 0 Å². The second-order valence-corrected chi connectivity index (χ2v) is 7.53. The summed E-state index contributed by atoms with van der Waals surface area (Å²) in [6, 6.07) is 5.75. The maximum absolute atomic E-state index is 6.12. The van der Waals surface area contributed by atoms with Crippen molar-refractivity contribution < 1.29 is 4.74 Å². The van der Waals surface area contributed by atoms with Crippen LogP contribution >= 0.6 is 11.3 Å². The standard InChI is InChI=1S/C18H19N7OS/c1-26-13-4-2-3-11-16(13)22-18(19)25-17(11)21-15(23-25)6-8-24-7-5-14-12(9-24)20-10-27-14/h2-4,10H,5-9H2,1H3,(H2,19,22). The molecule has 1 aliphatic heterocycles. The maximum atomic E-state index is 6.12. The first-order chi connectivity index (χ1) is 13.2.